The Morgan fingerprint density at radius 3 is 2.67 bits per heavy atom. The van der Waals surface area contributed by atoms with Crippen LogP contribution in [0.4, 0.5) is 0 Å². The number of hydrogen-bond acceptors (Lipinski definition) is 3. The Balaban J connectivity index is 2.71. The second-order valence-corrected chi connectivity index (χ2v) is 3.25. The first-order valence-corrected chi connectivity index (χ1v) is 4.14. The van der Waals surface area contributed by atoms with Crippen LogP contribution in [0.1, 0.15) is 13.8 Å². The van der Waals surface area contributed by atoms with Crippen molar-refractivity contribution in [3.8, 4) is 0 Å². The largest absolute Gasteiger partial charge is 0.481 e. The molecule has 0 amide bonds. The van der Waals surface area contributed by atoms with Gasteiger partial charge < -0.3 is 10.4 Å². The average molecular weight is 170 g/mol. The van der Waals surface area contributed by atoms with Crippen LogP contribution in [0.5, 0.6) is 0 Å². The molecule has 1 aliphatic rings. The second-order valence-electron chi connectivity index (χ2n) is 3.25. The van der Waals surface area contributed by atoms with E-state index in [2.05, 4.69) is 10.3 Å². The third-order valence-electron chi connectivity index (χ3n) is 1.93. The highest BCUT2D eigenvalue weighted by Crippen LogP contribution is 2.13. The molecule has 0 aromatic rings. The highest BCUT2D eigenvalue weighted by molar-refractivity contribution is 6.01. The van der Waals surface area contributed by atoms with Gasteiger partial charge in [-0.25, -0.2) is 0 Å². The van der Waals surface area contributed by atoms with E-state index in [0.717, 1.165) is 6.54 Å². The summed E-state index contributed by atoms with van der Waals surface area (Å²) in [7, 11) is 0. The first-order chi connectivity index (χ1) is 5.63. The van der Waals surface area contributed by atoms with E-state index < -0.39 is 11.9 Å². The van der Waals surface area contributed by atoms with E-state index in [1.165, 1.54) is 0 Å². The van der Waals surface area contributed by atoms with Crippen molar-refractivity contribution in [2.45, 2.75) is 13.8 Å². The number of carboxylic acid groups (broad SMARTS) is 1. The summed E-state index contributed by atoms with van der Waals surface area (Å²) >= 11 is 0. The molecule has 0 aliphatic carbocycles. The summed E-state index contributed by atoms with van der Waals surface area (Å²) < 4.78 is 0. The van der Waals surface area contributed by atoms with Gasteiger partial charge in [0, 0.05) is 6.54 Å². The molecule has 0 radical (unpaired) electrons. The molecular formula is C8H14N2O2. The maximum Gasteiger partial charge on any atom is 0.314 e. The topological polar surface area (TPSA) is 61.7 Å². The first-order valence-electron chi connectivity index (χ1n) is 4.14. The van der Waals surface area contributed by atoms with Crippen molar-refractivity contribution in [2.75, 3.05) is 13.1 Å². The normalized spacial score (nSPS) is 18.8. The quantitative estimate of drug-likeness (QED) is 0.642. The molecule has 1 rings (SSSR count). The van der Waals surface area contributed by atoms with Gasteiger partial charge in [0.05, 0.1) is 6.54 Å². The minimum absolute atomic E-state index is 0.0897. The van der Waals surface area contributed by atoms with Gasteiger partial charge >= 0.3 is 5.97 Å². The highest BCUT2D eigenvalue weighted by Gasteiger charge is 2.28. The Kier molecular flexibility index (Phi) is 2.68. The van der Waals surface area contributed by atoms with Crippen molar-refractivity contribution >= 4 is 11.8 Å². The fourth-order valence-electron chi connectivity index (χ4n) is 1.34. The van der Waals surface area contributed by atoms with Gasteiger partial charge in [-0.3, -0.25) is 9.79 Å². The summed E-state index contributed by atoms with van der Waals surface area (Å²) in [6, 6.07) is 0. The molecule has 1 unspecified atom stereocenters. The van der Waals surface area contributed by atoms with E-state index in [1.807, 2.05) is 13.8 Å². The Hall–Kier alpha value is -1.06. The Morgan fingerprint density at radius 2 is 2.33 bits per heavy atom. The highest BCUT2D eigenvalue weighted by atomic mass is 16.4. The molecule has 12 heavy (non-hydrogen) atoms. The Morgan fingerprint density at radius 1 is 1.67 bits per heavy atom. The van der Waals surface area contributed by atoms with Crippen molar-refractivity contribution in [3.05, 3.63) is 0 Å². The van der Waals surface area contributed by atoms with Crippen LogP contribution in [0, 0.1) is 11.8 Å². The number of carbonyl (C=O) groups is 1. The lowest BCUT2D eigenvalue weighted by Crippen LogP contribution is -2.35. The van der Waals surface area contributed by atoms with Gasteiger partial charge in [0.15, 0.2) is 0 Å². The second kappa shape index (κ2) is 3.56. The van der Waals surface area contributed by atoms with E-state index in [-0.39, 0.29) is 5.92 Å². The van der Waals surface area contributed by atoms with Crippen LogP contribution < -0.4 is 5.32 Å². The third-order valence-corrected chi connectivity index (χ3v) is 1.93. The fourth-order valence-corrected chi connectivity index (χ4v) is 1.34. The van der Waals surface area contributed by atoms with Crippen LogP contribution in [0.2, 0.25) is 0 Å². The van der Waals surface area contributed by atoms with E-state index in [9.17, 15) is 4.79 Å². The monoisotopic (exact) mass is 170 g/mol. The number of nitrogens with zero attached hydrogens (tertiary/aromatic N) is 1. The maximum absolute atomic E-state index is 10.8. The van der Waals surface area contributed by atoms with Gasteiger partial charge in [0.25, 0.3) is 0 Å². The summed E-state index contributed by atoms with van der Waals surface area (Å²) in [5, 5.41) is 11.9. The molecule has 0 bridgehead atoms. The SMILES string of the molecule is CC(C)C(C(=O)O)C1=NCCN1. The summed E-state index contributed by atoms with van der Waals surface area (Å²) in [5.74, 6) is -0.532. The lowest BCUT2D eigenvalue weighted by atomic mass is 9.95. The van der Waals surface area contributed by atoms with Gasteiger partial charge in [-0.15, -0.1) is 0 Å². The van der Waals surface area contributed by atoms with Gasteiger partial charge in [0.2, 0.25) is 0 Å². The maximum atomic E-state index is 10.8. The number of rotatable bonds is 3. The minimum Gasteiger partial charge on any atom is -0.481 e. The van der Waals surface area contributed by atoms with Gasteiger partial charge in [-0.2, -0.15) is 0 Å². The van der Waals surface area contributed by atoms with Crippen molar-refractivity contribution in [1.82, 2.24) is 5.32 Å². The lowest BCUT2D eigenvalue weighted by molar-refractivity contribution is -0.140. The molecular weight excluding hydrogens is 156 g/mol. The van der Waals surface area contributed by atoms with Crippen LogP contribution >= 0.6 is 0 Å². The van der Waals surface area contributed by atoms with Crippen LogP contribution in [0.25, 0.3) is 0 Å². The zero-order chi connectivity index (χ0) is 9.14. The molecule has 68 valence electrons. The first kappa shape index (κ1) is 9.03. The summed E-state index contributed by atoms with van der Waals surface area (Å²) in [4.78, 5) is 14.9. The minimum atomic E-state index is -0.793. The zero-order valence-corrected chi connectivity index (χ0v) is 7.37. The third kappa shape index (κ3) is 1.75. The van der Waals surface area contributed by atoms with Crippen LogP contribution in [-0.2, 0) is 4.79 Å². The van der Waals surface area contributed by atoms with Gasteiger partial charge in [0.1, 0.15) is 11.8 Å². The Labute approximate surface area is 71.7 Å². The molecule has 4 nitrogen and oxygen atoms in total. The molecule has 0 spiro atoms. The molecule has 1 heterocycles. The molecule has 0 saturated carbocycles. The number of aliphatic imine (C=N–C) groups is 1. The van der Waals surface area contributed by atoms with Crippen molar-refractivity contribution < 1.29 is 9.90 Å². The predicted octanol–water partition coefficient (Wildman–Crippen LogP) is 0.345. The number of aliphatic carboxylic acids is 1. The zero-order valence-electron chi connectivity index (χ0n) is 7.37. The van der Waals surface area contributed by atoms with Crippen molar-refractivity contribution in [1.29, 1.82) is 0 Å². The van der Waals surface area contributed by atoms with Crippen molar-refractivity contribution in [3.63, 3.8) is 0 Å². The molecule has 1 atom stereocenters. The molecule has 0 aromatic carbocycles. The lowest BCUT2D eigenvalue weighted by Gasteiger charge is -2.15. The Bertz CT molecular complexity index is 211. The van der Waals surface area contributed by atoms with E-state index in [4.69, 9.17) is 5.11 Å². The molecule has 1 aliphatic heterocycles. The van der Waals surface area contributed by atoms with E-state index >= 15 is 0 Å². The smallest absolute Gasteiger partial charge is 0.314 e. The van der Waals surface area contributed by atoms with Gasteiger partial charge in [-0.1, -0.05) is 13.8 Å². The summed E-state index contributed by atoms with van der Waals surface area (Å²) in [6.45, 7) is 5.25. The van der Waals surface area contributed by atoms with Gasteiger partial charge in [-0.05, 0) is 5.92 Å². The van der Waals surface area contributed by atoms with Crippen LogP contribution in [0.3, 0.4) is 0 Å². The van der Waals surface area contributed by atoms with E-state index in [0.29, 0.717) is 12.4 Å². The molecule has 0 saturated heterocycles. The fraction of sp³-hybridized carbons (Fsp3) is 0.750. The number of nitrogens with one attached hydrogen (secondary N) is 1. The van der Waals surface area contributed by atoms with Crippen LogP contribution in [0.15, 0.2) is 4.99 Å². The molecule has 2 N–H and O–H groups in total. The van der Waals surface area contributed by atoms with E-state index in [1.54, 1.807) is 0 Å². The van der Waals surface area contributed by atoms with Crippen LogP contribution in [-0.4, -0.2) is 30.0 Å². The molecule has 4 heteroatoms. The molecule has 0 fully saturated rings. The number of amidine groups is 1. The predicted molar refractivity (Wildman–Crippen MR) is 46.3 cm³/mol. The standard InChI is InChI=1S/C8H14N2O2/c1-5(2)6(8(11)12)7-9-3-4-10-7/h5-6H,3-4H2,1-2H3,(H,9,10)(H,11,12). The number of carboxylic acids is 1. The summed E-state index contributed by atoms with van der Waals surface area (Å²) in [6.07, 6.45) is 0. The average Bonchev–Trinajstić information content (AvgIpc) is 2.37. The van der Waals surface area contributed by atoms with Crippen molar-refractivity contribution in [2.24, 2.45) is 16.8 Å². The summed E-state index contributed by atoms with van der Waals surface area (Å²) in [5.41, 5.74) is 0. The molecule has 0 aromatic heterocycles. The number of hydrogen-bond donors (Lipinski definition) is 2.